The van der Waals surface area contributed by atoms with Crippen molar-refractivity contribution in [3.8, 4) is 5.69 Å². The fourth-order valence-corrected chi connectivity index (χ4v) is 2.08. The summed E-state index contributed by atoms with van der Waals surface area (Å²) in [6.07, 6.45) is 7.39. The first-order valence-corrected chi connectivity index (χ1v) is 7.03. The van der Waals surface area contributed by atoms with Crippen LogP contribution in [-0.2, 0) is 4.79 Å². The summed E-state index contributed by atoms with van der Waals surface area (Å²) in [5.41, 5.74) is 7.30. The van der Waals surface area contributed by atoms with E-state index in [9.17, 15) is 4.79 Å². The molecule has 1 aromatic carbocycles. The highest BCUT2D eigenvalue weighted by atomic mass is 16.1. The number of hydrogen-bond donors (Lipinski definition) is 2. The average Bonchev–Trinajstić information content (AvgIpc) is 2.98. The SMILES string of the molecule is NCCCCCC(=O)Nc1cccc(-n2cccc2)c1. The van der Waals surface area contributed by atoms with E-state index in [-0.39, 0.29) is 5.91 Å². The van der Waals surface area contributed by atoms with Crippen LogP contribution in [0.3, 0.4) is 0 Å². The predicted molar refractivity (Wildman–Crippen MR) is 81.9 cm³/mol. The summed E-state index contributed by atoms with van der Waals surface area (Å²) in [5.74, 6) is 0.0617. The number of rotatable bonds is 7. The van der Waals surface area contributed by atoms with Crippen LogP contribution in [0, 0.1) is 0 Å². The maximum absolute atomic E-state index is 11.8. The number of unbranched alkanes of at least 4 members (excludes halogenated alkanes) is 2. The molecule has 1 heterocycles. The Balaban J connectivity index is 1.90. The van der Waals surface area contributed by atoms with Crippen molar-refractivity contribution in [1.29, 1.82) is 0 Å². The van der Waals surface area contributed by atoms with Crippen LogP contribution in [0.25, 0.3) is 5.69 Å². The fraction of sp³-hybridized carbons (Fsp3) is 0.312. The maximum atomic E-state index is 11.8. The van der Waals surface area contributed by atoms with Crippen LogP contribution in [0.2, 0.25) is 0 Å². The van der Waals surface area contributed by atoms with Gasteiger partial charge in [-0.05, 0) is 49.7 Å². The molecule has 0 aliphatic heterocycles. The van der Waals surface area contributed by atoms with Crippen LogP contribution in [0.5, 0.6) is 0 Å². The van der Waals surface area contributed by atoms with E-state index < -0.39 is 0 Å². The van der Waals surface area contributed by atoms with Gasteiger partial charge in [-0.15, -0.1) is 0 Å². The number of anilines is 1. The summed E-state index contributed by atoms with van der Waals surface area (Å²) in [5, 5.41) is 2.94. The number of aromatic nitrogens is 1. The van der Waals surface area contributed by atoms with Gasteiger partial charge in [0.1, 0.15) is 0 Å². The molecule has 4 heteroatoms. The second kappa shape index (κ2) is 7.50. The van der Waals surface area contributed by atoms with E-state index in [4.69, 9.17) is 5.73 Å². The highest BCUT2D eigenvalue weighted by molar-refractivity contribution is 5.90. The summed E-state index contributed by atoms with van der Waals surface area (Å²) in [4.78, 5) is 11.8. The van der Waals surface area contributed by atoms with E-state index in [1.807, 2.05) is 53.4 Å². The first-order chi connectivity index (χ1) is 9.79. The van der Waals surface area contributed by atoms with Crippen LogP contribution in [0.1, 0.15) is 25.7 Å². The Kier molecular flexibility index (Phi) is 5.38. The van der Waals surface area contributed by atoms with Gasteiger partial charge in [0.05, 0.1) is 0 Å². The van der Waals surface area contributed by atoms with Crippen LogP contribution in [0.15, 0.2) is 48.8 Å². The summed E-state index contributed by atoms with van der Waals surface area (Å²) < 4.78 is 2.01. The molecule has 0 fully saturated rings. The molecule has 0 saturated heterocycles. The first-order valence-electron chi connectivity index (χ1n) is 7.03. The van der Waals surface area contributed by atoms with Crippen LogP contribution >= 0.6 is 0 Å². The van der Waals surface area contributed by atoms with Gasteiger partial charge in [-0.2, -0.15) is 0 Å². The molecule has 0 atom stereocenters. The summed E-state index contributed by atoms with van der Waals surface area (Å²) in [6.45, 7) is 0.695. The molecular weight excluding hydrogens is 250 g/mol. The maximum Gasteiger partial charge on any atom is 0.224 e. The second-order valence-corrected chi connectivity index (χ2v) is 4.79. The predicted octanol–water partition coefficient (Wildman–Crippen LogP) is 2.93. The molecule has 106 valence electrons. The second-order valence-electron chi connectivity index (χ2n) is 4.79. The van der Waals surface area contributed by atoms with Gasteiger partial charge < -0.3 is 15.6 Å². The number of nitrogens with two attached hydrogens (primary N) is 1. The standard InChI is InChI=1S/C16H21N3O/c17-10-3-1-2-9-16(20)18-14-7-6-8-15(13-14)19-11-4-5-12-19/h4-8,11-13H,1-3,9-10,17H2,(H,18,20). The van der Waals surface area contributed by atoms with Crippen molar-refractivity contribution in [3.63, 3.8) is 0 Å². The number of hydrogen-bond acceptors (Lipinski definition) is 2. The van der Waals surface area contributed by atoms with Gasteiger partial charge in [0, 0.05) is 30.2 Å². The van der Waals surface area contributed by atoms with Crippen LogP contribution in [0.4, 0.5) is 5.69 Å². The molecule has 1 amide bonds. The third-order valence-corrected chi connectivity index (χ3v) is 3.14. The largest absolute Gasteiger partial charge is 0.330 e. The molecule has 0 saturated carbocycles. The van der Waals surface area contributed by atoms with E-state index in [0.717, 1.165) is 30.6 Å². The molecule has 3 N–H and O–H groups in total. The Hall–Kier alpha value is -2.07. The van der Waals surface area contributed by atoms with E-state index in [1.165, 1.54) is 0 Å². The van der Waals surface area contributed by atoms with Gasteiger partial charge in [0.25, 0.3) is 0 Å². The number of benzene rings is 1. The Morgan fingerprint density at radius 1 is 1.10 bits per heavy atom. The zero-order chi connectivity index (χ0) is 14.2. The lowest BCUT2D eigenvalue weighted by molar-refractivity contribution is -0.116. The minimum atomic E-state index is 0.0617. The summed E-state index contributed by atoms with van der Waals surface area (Å²) in [6, 6.07) is 11.8. The lowest BCUT2D eigenvalue weighted by atomic mass is 10.2. The van der Waals surface area contributed by atoms with Crippen molar-refractivity contribution in [1.82, 2.24) is 4.57 Å². The van der Waals surface area contributed by atoms with E-state index in [2.05, 4.69) is 5.32 Å². The minimum Gasteiger partial charge on any atom is -0.330 e. The molecule has 20 heavy (non-hydrogen) atoms. The van der Waals surface area contributed by atoms with Gasteiger partial charge in [-0.3, -0.25) is 4.79 Å². The van der Waals surface area contributed by atoms with Crippen molar-refractivity contribution in [2.24, 2.45) is 5.73 Å². The number of amides is 1. The van der Waals surface area contributed by atoms with Gasteiger partial charge in [0.15, 0.2) is 0 Å². The third kappa shape index (κ3) is 4.24. The Labute approximate surface area is 119 Å². The van der Waals surface area contributed by atoms with Gasteiger partial charge in [-0.25, -0.2) is 0 Å². The third-order valence-electron chi connectivity index (χ3n) is 3.14. The minimum absolute atomic E-state index is 0.0617. The Morgan fingerprint density at radius 2 is 1.90 bits per heavy atom. The normalized spacial score (nSPS) is 10.4. The molecule has 0 bridgehead atoms. The Morgan fingerprint density at radius 3 is 2.65 bits per heavy atom. The highest BCUT2D eigenvalue weighted by Gasteiger charge is 2.03. The topological polar surface area (TPSA) is 60.1 Å². The number of nitrogens with one attached hydrogen (secondary N) is 1. The number of carbonyl (C=O) groups is 1. The average molecular weight is 271 g/mol. The molecular formula is C16H21N3O. The number of nitrogens with zero attached hydrogens (tertiary/aromatic N) is 1. The van der Waals surface area contributed by atoms with E-state index >= 15 is 0 Å². The monoisotopic (exact) mass is 271 g/mol. The molecule has 2 rings (SSSR count). The van der Waals surface area contributed by atoms with Crippen molar-refractivity contribution in [2.45, 2.75) is 25.7 Å². The molecule has 0 spiro atoms. The first kappa shape index (κ1) is 14.3. The van der Waals surface area contributed by atoms with Crippen molar-refractivity contribution >= 4 is 11.6 Å². The van der Waals surface area contributed by atoms with Crippen molar-refractivity contribution in [2.75, 3.05) is 11.9 Å². The number of carbonyl (C=O) groups excluding carboxylic acids is 1. The van der Waals surface area contributed by atoms with E-state index in [1.54, 1.807) is 0 Å². The lowest BCUT2D eigenvalue weighted by Gasteiger charge is -2.08. The quantitative estimate of drug-likeness (QED) is 0.761. The molecule has 2 aromatic rings. The summed E-state index contributed by atoms with van der Waals surface area (Å²) >= 11 is 0. The van der Waals surface area contributed by atoms with E-state index in [0.29, 0.717) is 13.0 Å². The molecule has 1 aromatic heterocycles. The molecule has 4 nitrogen and oxygen atoms in total. The van der Waals surface area contributed by atoms with Crippen molar-refractivity contribution < 1.29 is 4.79 Å². The zero-order valence-electron chi connectivity index (χ0n) is 11.6. The molecule has 0 aliphatic rings. The molecule has 0 radical (unpaired) electrons. The summed E-state index contributed by atoms with van der Waals surface area (Å²) in [7, 11) is 0. The van der Waals surface area contributed by atoms with Gasteiger partial charge in [-0.1, -0.05) is 12.5 Å². The molecule has 0 aliphatic carbocycles. The van der Waals surface area contributed by atoms with Gasteiger partial charge >= 0.3 is 0 Å². The fourth-order valence-electron chi connectivity index (χ4n) is 2.08. The van der Waals surface area contributed by atoms with Crippen LogP contribution < -0.4 is 11.1 Å². The smallest absolute Gasteiger partial charge is 0.224 e. The van der Waals surface area contributed by atoms with Gasteiger partial charge in [0.2, 0.25) is 5.91 Å². The van der Waals surface area contributed by atoms with Crippen LogP contribution in [-0.4, -0.2) is 17.0 Å². The highest BCUT2D eigenvalue weighted by Crippen LogP contribution is 2.15. The van der Waals surface area contributed by atoms with Crippen molar-refractivity contribution in [3.05, 3.63) is 48.8 Å². The zero-order valence-corrected chi connectivity index (χ0v) is 11.6. The molecule has 0 unspecified atom stereocenters. The lowest BCUT2D eigenvalue weighted by Crippen LogP contribution is -2.11. The Bertz CT molecular complexity index is 534.